The van der Waals surface area contributed by atoms with E-state index in [-0.39, 0.29) is 23.1 Å². The molecule has 2 rings (SSSR count). The molecule has 0 atom stereocenters. The molecule has 1 amide bonds. The van der Waals surface area contributed by atoms with Gasteiger partial charge in [0, 0.05) is 24.2 Å². The number of nitrogens with one attached hydrogen (secondary N) is 1. The number of carbonyl (C=O) groups is 1. The monoisotopic (exact) mass is 360 g/mol. The van der Waals surface area contributed by atoms with Crippen molar-refractivity contribution in [1.29, 1.82) is 0 Å². The summed E-state index contributed by atoms with van der Waals surface area (Å²) in [6, 6.07) is 4.17. The van der Waals surface area contributed by atoms with Crippen LogP contribution in [-0.2, 0) is 10.0 Å². The molecule has 0 aromatic heterocycles. The molecule has 8 heteroatoms. The molecule has 0 saturated carbocycles. The molecule has 1 saturated heterocycles. The zero-order chi connectivity index (χ0) is 17.0. The third-order valence-electron chi connectivity index (χ3n) is 3.85. The standard InChI is InChI=1S/C15H21ClN2O4S/c1-2-9-23(21,22)18-7-5-12(6-8-18)17-15(20)13-10-11(16)3-4-14(13)19/h3-4,10,12,19H,2,5-9H2,1H3,(H,17,20). The maximum Gasteiger partial charge on any atom is 0.255 e. The minimum atomic E-state index is -3.19. The first-order valence-corrected chi connectivity index (χ1v) is 9.59. The Labute approximate surface area is 141 Å². The van der Waals surface area contributed by atoms with Crippen LogP contribution >= 0.6 is 11.6 Å². The first-order chi connectivity index (χ1) is 10.8. The summed E-state index contributed by atoms with van der Waals surface area (Å²) >= 11 is 5.84. The highest BCUT2D eigenvalue weighted by Gasteiger charge is 2.28. The van der Waals surface area contributed by atoms with Crippen LogP contribution in [0.3, 0.4) is 0 Å². The Balaban J connectivity index is 1.94. The summed E-state index contributed by atoms with van der Waals surface area (Å²) < 4.78 is 25.5. The third kappa shape index (κ3) is 4.59. The first-order valence-electron chi connectivity index (χ1n) is 7.60. The maximum atomic E-state index is 12.2. The molecule has 1 aliphatic rings. The first kappa shape index (κ1) is 18.0. The molecule has 1 aromatic rings. The van der Waals surface area contributed by atoms with E-state index in [0.29, 0.717) is 37.4 Å². The van der Waals surface area contributed by atoms with Crippen LogP contribution in [0.5, 0.6) is 5.75 Å². The van der Waals surface area contributed by atoms with Gasteiger partial charge in [0.1, 0.15) is 5.75 Å². The number of aromatic hydroxyl groups is 1. The molecule has 6 nitrogen and oxygen atoms in total. The Hall–Kier alpha value is -1.31. The summed E-state index contributed by atoms with van der Waals surface area (Å²) in [6.45, 7) is 2.63. The Bertz CT molecular complexity index is 670. The normalized spacial score (nSPS) is 17.1. The van der Waals surface area contributed by atoms with Gasteiger partial charge < -0.3 is 10.4 Å². The minimum Gasteiger partial charge on any atom is -0.507 e. The minimum absolute atomic E-state index is 0.117. The molecule has 0 aliphatic carbocycles. The summed E-state index contributed by atoms with van der Waals surface area (Å²) in [4.78, 5) is 12.2. The quantitative estimate of drug-likeness (QED) is 0.840. The lowest BCUT2D eigenvalue weighted by molar-refractivity contribution is 0.0921. The van der Waals surface area contributed by atoms with Crippen molar-refractivity contribution in [3.8, 4) is 5.75 Å². The lowest BCUT2D eigenvalue weighted by atomic mass is 10.1. The predicted molar refractivity (Wildman–Crippen MR) is 89.3 cm³/mol. The van der Waals surface area contributed by atoms with Crippen molar-refractivity contribution in [2.75, 3.05) is 18.8 Å². The second kappa shape index (κ2) is 7.51. The summed E-state index contributed by atoms with van der Waals surface area (Å²) in [5.74, 6) is -0.379. The number of benzene rings is 1. The lowest BCUT2D eigenvalue weighted by Gasteiger charge is -2.31. The van der Waals surface area contributed by atoms with Crippen molar-refractivity contribution in [3.05, 3.63) is 28.8 Å². The Kier molecular flexibility index (Phi) is 5.89. The molecule has 0 bridgehead atoms. The van der Waals surface area contributed by atoms with Gasteiger partial charge in [0.05, 0.1) is 11.3 Å². The SMILES string of the molecule is CCCS(=O)(=O)N1CCC(NC(=O)c2cc(Cl)ccc2O)CC1. The summed E-state index contributed by atoms with van der Waals surface area (Å²) in [6.07, 6.45) is 1.69. The van der Waals surface area contributed by atoms with Crippen molar-refractivity contribution in [3.63, 3.8) is 0 Å². The predicted octanol–water partition coefficient (Wildman–Crippen LogP) is 1.98. The number of hydrogen-bond donors (Lipinski definition) is 2. The highest BCUT2D eigenvalue weighted by molar-refractivity contribution is 7.89. The van der Waals surface area contributed by atoms with Gasteiger partial charge >= 0.3 is 0 Å². The topological polar surface area (TPSA) is 86.7 Å². The van der Waals surface area contributed by atoms with E-state index in [2.05, 4.69) is 5.32 Å². The molecule has 0 spiro atoms. The van der Waals surface area contributed by atoms with Crippen molar-refractivity contribution >= 4 is 27.5 Å². The Morgan fingerprint density at radius 2 is 2.04 bits per heavy atom. The molecule has 2 N–H and O–H groups in total. The second-order valence-corrected chi connectivity index (χ2v) is 8.15. The van der Waals surface area contributed by atoms with Crippen LogP contribution in [-0.4, -0.2) is 48.6 Å². The van der Waals surface area contributed by atoms with Crippen LogP contribution in [0.25, 0.3) is 0 Å². The van der Waals surface area contributed by atoms with Crippen molar-refractivity contribution in [1.82, 2.24) is 9.62 Å². The molecular weight excluding hydrogens is 340 g/mol. The Morgan fingerprint density at radius 1 is 1.39 bits per heavy atom. The van der Waals surface area contributed by atoms with E-state index in [9.17, 15) is 18.3 Å². The van der Waals surface area contributed by atoms with E-state index < -0.39 is 15.9 Å². The summed E-state index contributed by atoms with van der Waals surface area (Å²) in [5, 5.41) is 12.9. The molecule has 0 radical (unpaired) electrons. The van der Waals surface area contributed by atoms with Gasteiger partial charge in [0.15, 0.2) is 0 Å². The number of halogens is 1. The van der Waals surface area contributed by atoms with E-state index >= 15 is 0 Å². The van der Waals surface area contributed by atoms with Gasteiger partial charge in [-0.25, -0.2) is 12.7 Å². The van der Waals surface area contributed by atoms with Crippen LogP contribution < -0.4 is 5.32 Å². The van der Waals surface area contributed by atoms with E-state index in [1.54, 1.807) is 0 Å². The van der Waals surface area contributed by atoms with E-state index in [1.807, 2.05) is 6.92 Å². The number of hydrogen-bond acceptors (Lipinski definition) is 4. The van der Waals surface area contributed by atoms with Gasteiger partial charge in [-0.1, -0.05) is 18.5 Å². The van der Waals surface area contributed by atoms with Crippen molar-refractivity contribution < 1.29 is 18.3 Å². The van der Waals surface area contributed by atoms with Crippen LogP contribution in [0.15, 0.2) is 18.2 Å². The van der Waals surface area contributed by atoms with Gasteiger partial charge in [0.2, 0.25) is 10.0 Å². The van der Waals surface area contributed by atoms with Crippen LogP contribution in [0.1, 0.15) is 36.5 Å². The fourth-order valence-corrected chi connectivity index (χ4v) is 4.33. The molecule has 128 valence electrons. The average molecular weight is 361 g/mol. The highest BCUT2D eigenvalue weighted by Crippen LogP contribution is 2.22. The van der Waals surface area contributed by atoms with E-state index in [0.717, 1.165) is 0 Å². The number of rotatable bonds is 5. The number of phenolic OH excluding ortho intramolecular Hbond substituents is 1. The van der Waals surface area contributed by atoms with Gasteiger partial charge in [-0.2, -0.15) is 0 Å². The number of carbonyl (C=O) groups excluding carboxylic acids is 1. The number of nitrogens with zero attached hydrogens (tertiary/aromatic N) is 1. The molecule has 1 aromatic carbocycles. The van der Waals surface area contributed by atoms with E-state index in [1.165, 1.54) is 22.5 Å². The van der Waals surface area contributed by atoms with Gasteiger partial charge in [-0.05, 0) is 37.5 Å². The Morgan fingerprint density at radius 3 is 2.65 bits per heavy atom. The van der Waals surface area contributed by atoms with Crippen LogP contribution in [0.4, 0.5) is 0 Å². The molecule has 1 aliphatic heterocycles. The number of phenols is 1. The smallest absolute Gasteiger partial charge is 0.255 e. The van der Waals surface area contributed by atoms with Crippen LogP contribution in [0.2, 0.25) is 5.02 Å². The fourth-order valence-electron chi connectivity index (χ4n) is 2.62. The highest BCUT2D eigenvalue weighted by atomic mass is 35.5. The molecule has 23 heavy (non-hydrogen) atoms. The van der Waals surface area contributed by atoms with Gasteiger partial charge in [-0.3, -0.25) is 4.79 Å². The lowest BCUT2D eigenvalue weighted by Crippen LogP contribution is -2.47. The molecule has 1 heterocycles. The zero-order valence-electron chi connectivity index (χ0n) is 13.0. The molecule has 0 unspecified atom stereocenters. The van der Waals surface area contributed by atoms with Crippen molar-refractivity contribution in [2.24, 2.45) is 0 Å². The molecule has 1 fully saturated rings. The molecular formula is C15H21ClN2O4S. The summed E-state index contributed by atoms with van der Waals surface area (Å²) in [7, 11) is -3.19. The zero-order valence-corrected chi connectivity index (χ0v) is 14.5. The van der Waals surface area contributed by atoms with Gasteiger partial charge in [-0.15, -0.1) is 0 Å². The maximum absolute atomic E-state index is 12.2. The number of amides is 1. The third-order valence-corrected chi connectivity index (χ3v) is 6.16. The van der Waals surface area contributed by atoms with Crippen molar-refractivity contribution in [2.45, 2.75) is 32.2 Å². The van der Waals surface area contributed by atoms with Crippen LogP contribution in [0, 0.1) is 0 Å². The number of sulfonamides is 1. The largest absolute Gasteiger partial charge is 0.507 e. The van der Waals surface area contributed by atoms with Gasteiger partial charge in [0.25, 0.3) is 5.91 Å². The second-order valence-electron chi connectivity index (χ2n) is 5.62. The fraction of sp³-hybridized carbons (Fsp3) is 0.533. The average Bonchev–Trinajstić information content (AvgIpc) is 2.50. The summed E-state index contributed by atoms with van der Waals surface area (Å²) in [5.41, 5.74) is 0.124. The number of piperidine rings is 1. The van der Waals surface area contributed by atoms with E-state index in [4.69, 9.17) is 11.6 Å².